The quantitative estimate of drug-likeness (QED) is 0.617. The molecule has 8 heteroatoms. The van der Waals surface area contributed by atoms with Crippen LogP contribution in [0.5, 0.6) is 0 Å². The zero-order chi connectivity index (χ0) is 21.2. The number of hydrogen-bond donors (Lipinski definition) is 1. The number of anilines is 1. The van der Waals surface area contributed by atoms with Crippen molar-refractivity contribution in [1.29, 1.82) is 0 Å². The van der Waals surface area contributed by atoms with Crippen LogP contribution in [0.2, 0.25) is 0 Å². The molecule has 4 atom stereocenters. The van der Waals surface area contributed by atoms with E-state index in [1.807, 2.05) is 30.0 Å². The number of pyridine rings is 2. The molecule has 3 aromatic rings. The van der Waals surface area contributed by atoms with Crippen LogP contribution in [0.15, 0.2) is 53.5 Å². The third-order valence-corrected chi connectivity index (χ3v) is 7.43. The average Bonchev–Trinajstić information content (AvgIpc) is 3.43. The number of aryl methyl sites for hydroxylation is 1. The minimum absolute atomic E-state index is 0.0331. The Labute approximate surface area is 188 Å². The van der Waals surface area contributed by atoms with Gasteiger partial charge < -0.3 is 10.2 Å². The molecule has 1 aliphatic heterocycles. The Hall–Kier alpha value is -2.87. The summed E-state index contributed by atoms with van der Waals surface area (Å²) >= 11 is 3.43. The minimum Gasteiger partial charge on any atom is -0.365 e. The molecule has 1 saturated heterocycles. The fraction of sp³-hybridized carbons (Fsp3) is 0.348. The van der Waals surface area contributed by atoms with Gasteiger partial charge in [-0.05, 0) is 76.9 Å². The van der Waals surface area contributed by atoms with Crippen LogP contribution in [0.1, 0.15) is 28.9 Å². The standard InChI is InChI=1S/C23H21BrN6O/c1-13-7-16(21-25-5-2-6-26-21)19(28-10-13)22(31)30-12-14-8-23(14)9-17(20(23)30)29-18-4-3-15(24)11-27-18/h2-7,10-11,14,17,20H,8-9,12H2,1H3,(H,27,29). The van der Waals surface area contributed by atoms with Crippen molar-refractivity contribution in [1.82, 2.24) is 24.8 Å². The van der Waals surface area contributed by atoms with E-state index in [0.717, 1.165) is 28.8 Å². The SMILES string of the molecule is Cc1cnc(C(=O)N2CC3CC34CC(Nc3ccc(Br)cn3)C24)c(-c2ncccn2)c1. The zero-order valence-electron chi connectivity index (χ0n) is 17.0. The number of nitrogens with zero attached hydrogens (tertiary/aromatic N) is 5. The van der Waals surface area contributed by atoms with Gasteiger partial charge in [0.2, 0.25) is 0 Å². The summed E-state index contributed by atoms with van der Waals surface area (Å²) in [6.07, 6.45) is 9.21. The van der Waals surface area contributed by atoms with Crippen LogP contribution in [0.4, 0.5) is 5.82 Å². The Morgan fingerprint density at radius 1 is 1.16 bits per heavy atom. The molecular weight excluding hydrogens is 456 g/mol. The van der Waals surface area contributed by atoms with E-state index in [9.17, 15) is 4.79 Å². The van der Waals surface area contributed by atoms with Crippen molar-refractivity contribution < 1.29 is 4.79 Å². The molecule has 4 heterocycles. The molecule has 2 aliphatic carbocycles. The highest BCUT2D eigenvalue weighted by atomic mass is 79.9. The number of likely N-dealkylation sites (tertiary alicyclic amines) is 1. The summed E-state index contributed by atoms with van der Waals surface area (Å²) in [5.41, 5.74) is 2.38. The number of carbonyl (C=O) groups excluding carboxylic acids is 1. The first-order valence-corrected chi connectivity index (χ1v) is 11.3. The molecule has 3 fully saturated rings. The molecule has 1 amide bonds. The highest BCUT2D eigenvalue weighted by Gasteiger charge is 2.75. The predicted molar refractivity (Wildman–Crippen MR) is 119 cm³/mol. The summed E-state index contributed by atoms with van der Waals surface area (Å²) in [6, 6.07) is 8.03. The molecule has 4 unspecified atom stereocenters. The van der Waals surface area contributed by atoms with E-state index in [4.69, 9.17) is 0 Å². The zero-order valence-corrected chi connectivity index (χ0v) is 18.6. The van der Waals surface area contributed by atoms with Gasteiger partial charge in [-0.2, -0.15) is 0 Å². The molecule has 3 aliphatic rings. The molecule has 1 spiro atoms. The van der Waals surface area contributed by atoms with Crippen molar-refractivity contribution in [2.24, 2.45) is 11.3 Å². The Bertz CT molecular complexity index is 1170. The van der Waals surface area contributed by atoms with Gasteiger partial charge >= 0.3 is 0 Å². The maximum Gasteiger partial charge on any atom is 0.273 e. The summed E-state index contributed by atoms with van der Waals surface area (Å²) in [4.78, 5) is 33.4. The number of halogens is 1. The molecule has 7 nitrogen and oxygen atoms in total. The predicted octanol–water partition coefficient (Wildman–Crippen LogP) is 3.72. The topological polar surface area (TPSA) is 83.9 Å². The number of aromatic nitrogens is 4. The van der Waals surface area contributed by atoms with Gasteiger partial charge in [-0.15, -0.1) is 0 Å². The van der Waals surface area contributed by atoms with Gasteiger partial charge in [-0.3, -0.25) is 9.78 Å². The van der Waals surface area contributed by atoms with Crippen LogP contribution >= 0.6 is 15.9 Å². The third kappa shape index (κ3) is 2.96. The molecule has 156 valence electrons. The average molecular weight is 477 g/mol. The van der Waals surface area contributed by atoms with Crippen molar-refractivity contribution in [2.45, 2.75) is 31.8 Å². The summed E-state index contributed by atoms with van der Waals surface area (Å²) in [6.45, 7) is 2.75. The molecule has 31 heavy (non-hydrogen) atoms. The van der Waals surface area contributed by atoms with E-state index in [1.165, 1.54) is 6.42 Å². The fourth-order valence-corrected chi connectivity index (χ4v) is 5.73. The molecule has 0 radical (unpaired) electrons. The van der Waals surface area contributed by atoms with E-state index < -0.39 is 0 Å². The van der Waals surface area contributed by atoms with Crippen molar-refractivity contribution in [3.8, 4) is 11.4 Å². The maximum absolute atomic E-state index is 13.7. The lowest BCUT2D eigenvalue weighted by Crippen LogP contribution is -2.60. The van der Waals surface area contributed by atoms with Gasteiger partial charge in [0.25, 0.3) is 5.91 Å². The number of carbonyl (C=O) groups is 1. The Balaban J connectivity index is 1.30. The molecule has 6 rings (SSSR count). The van der Waals surface area contributed by atoms with Gasteiger partial charge in [0, 0.05) is 41.8 Å². The van der Waals surface area contributed by atoms with Crippen molar-refractivity contribution in [3.63, 3.8) is 0 Å². The second kappa shape index (κ2) is 6.82. The van der Waals surface area contributed by atoms with Gasteiger partial charge in [0.1, 0.15) is 11.5 Å². The van der Waals surface area contributed by atoms with Crippen molar-refractivity contribution in [2.75, 3.05) is 11.9 Å². The molecular formula is C23H21BrN6O. The summed E-state index contributed by atoms with van der Waals surface area (Å²) in [7, 11) is 0. The first-order chi connectivity index (χ1) is 15.0. The van der Waals surface area contributed by atoms with Crippen LogP contribution in [-0.4, -0.2) is 49.4 Å². The lowest BCUT2D eigenvalue weighted by atomic mass is 9.71. The Kier molecular flexibility index (Phi) is 4.15. The van der Waals surface area contributed by atoms with Crippen molar-refractivity contribution >= 4 is 27.7 Å². The van der Waals surface area contributed by atoms with E-state index in [0.29, 0.717) is 23.0 Å². The normalized spacial score (nSPS) is 27.8. The summed E-state index contributed by atoms with van der Waals surface area (Å²) < 4.78 is 0.948. The Morgan fingerprint density at radius 3 is 2.77 bits per heavy atom. The lowest BCUT2D eigenvalue weighted by Gasteiger charge is -2.48. The maximum atomic E-state index is 13.7. The first-order valence-electron chi connectivity index (χ1n) is 10.5. The monoisotopic (exact) mass is 476 g/mol. The molecule has 0 aromatic carbocycles. The highest BCUT2D eigenvalue weighted by molar-refractivity contribution is 9.10. The van der Waals surface area contributed by atoms with Crippen molar-refractivity contribution in [3.05, 3.63) is 64.8 Å². The van der Waals surface area contributed by atoms with Gasteiger partial charge in [-0.1, -0.05) is 0 Å². The van der Waals surface area contributed by atoms with E-state index in [2.05, 4.69) is 41.2 Å². The van der Waals surface area contributed by atoms with Crippen LogP contribution in [0.3, 0.4) is 0 Å². The van der Waals surface area contributed by atoms with E-state index >= 15 is 0 Å². The van der Waals surface area contributed by atoms with E-state index in [1.54, 1.807) is 30.9 Å². The smallest absolute Gasteiger partial charge is 0.273 e. The molecule has 2 saturated carbocycles. The number of piperidine rings is 1. The van der Waals surface area contributed by atoms with Crippen LogP contribution in [0.25, 0.3) is 11.4 Å². The summed E-state index contributed by atoms with van der Waals surface area (Å²) in [5.74, 6) is 1.93. The number of amides is 1. The summed E-state index contributed by atoms with van der Waals surface area (Å²) in [5, 5.41) is 3.55. The molecule has 3 aromatic heterocycles. The van der Waals surface area contributed by atoms with E-state index in [-0.39, 0.29) is 23.4 Å². The highest BCUT2D eigenvalue weighted by Crippen LogP contribution is 2.71. The second-order valence-corrected chi connectivity index (χ2v) is 9.75. The van der Waals surface area contributed by atoms with Crippen LogP contribution < -0.4 is 5.32 Å². The number of rotatable bonds is 4. The van der Waals surface area contributed by atoms with Crippen LogP contribution in [0, 0.1) is 18.3 Å². The minimum atomic E-state index is -0.0331. The van der Waals surface area contributed by atoms with Gasteiger partial charge in [-0.25, -0.2) is 15.0 Å². The third-order valence-electron chi connectivity index (χ3n) is 6.96. The number of nitrogens with one attached hydrogen (secondary N) is 1. The van der Waals surface area contributed by atoms with Gasteiger partial charge in [0.05, 0.1) is 11.6 Å². The Morgan fingerprint density at radius 2 is 2.00 bits per heavy atom. The second-order valence-electron chi connectivity index (χ2n) is 8.83. The lowest BCUT2D eigenvalue weighted by molar-refractivity contribution is 0.0467. The molecule has 1 N–H and O–H groups in total. The fourth-order valence-electron chi connectivity index (χ4n) is 5.49. The largest absolute Gasteiger partial charge is 0.365 e. The first kappa shape index (κ1) is 18.9. The molecule has 0 bridgehead atoms. The van der Waals surface area contributed by atoms with Gasteiger partial charge in [0.15, 0.2) is 5.82 Å². The van der Waals surface area contributed by atoms with Crippen LogP contribution in [-0.2, 0) is 0 Å². The number of hydrogen-bond acceptors (Lipinski definition) is 6.